The normalized spacial score (nSPS) is 15.7. The molecule has 0 radical (unpaired) electrons. The van der Waals surface area contributed by atoms with E-state index < -0.39 is 47.9 Å². The predicted molar refractivity (Wildman–Crippen MR) is 122 cm³/mol. The Hall–Kier alpha value is -2.60. The lowest BCUT2D eigenvalue weighted by atomic mass is 9.97. The van der Waals surface area contributed by atoms with E-state index in [2.05, 4.69) is 25.9 Å². The van der Waals surface area contributed by atoms with Gasteiger partial charge in [0.05, 0.1) is 12.4 Å². The second-order valence-electron chi connectivity index (χ2n) is 7.67. The molecule has 0 saturated heterocycles. The number of nitrogens with one attached hydrogen (secondary N) is 4. The van der Waals surface area contributed by atoms with Crippen molar-refractivity contribution in [3.05, 3.63) is 18.2 Å². The fourth-order valence-corrected chi connectivity index (χ4v) is 3.31. The summed E-state index contributed by atoms with van der Waals surface area (Å²) < 4.78 is 0. The molecule has 3 amide bonds. The maximum absolute atomic E-state index is 12.8. The number of carboxylic acids is 1. The third-order valence-electron chi connectivity index (χ3n) is 5.11. The molecule has 1 aromatic rings. The third-order valence-corrected chi connectivity index (χ3v) is 5.75. The van der Waals surface area contributed by atoms with Gasteiger partial charge >= 0.3 is 5.97 Å². The van der Waals surface area contributed by atoms with Crippen molar-refractivity contribution in [2.45, 2.75) is 64.2 Å². The Morgan fingerprint density at radius 1 is 1.16 bits per heavy atom. The number of nitrogens with zero attached hydrogens (tertiary/aromatic N) is 1. The van der Waals surface area contributed by atoms with Gasteiger partial charge in [-0.2, -0.15) is 11.8 Å². The lowest BCUT2D eigenvalue weighted by Gasteiger charge is -2.26. The number of thioether (sulfide) groups is 1. The molecule has 32 heavy (non-hydrogen) atoms. The molecule has 1 rings (SSSR count). The van der Waals surface area contributed by atoms with E-state index in [0.29, 0.717) is 18.5 Å². The average molecular weight is 471 g/mol. The molecule has 0 saturated carbocycles. The molecule has 0 fully saturated rings. The maximum atomic E-state index is 12.8. The van der Waals surface area contributed by atoms with Gasteiger partial charge in [0.15, 0.2) is 0 Å². The second kappa shape index (κ2) is 13.7. The minimum Gasteiger partial charge on any atom is -0.480 e. The monoisotopic (exact) mass is 470 g/mol. The molecule has 7 N–H and O–H groups in total. The molecular weight excluding hydrogens is 436 g/mol. The number of carboxylic acid groups (broad SMARTS) is 1. The van der Waals surface area contributed by atoms with Gasteiger partial charge in [-0.3, -0.25) is 14.4 Å². The minimum atomic E-state index is -1.21. The van der Waals surface area contributed by atoms with E-state index in [1.165, 1.54) is 19.4 Å². The molecule has 0 aliphatic heterocycles. The maximum Gasteiger partial charge on any atom is 0.326 e. The summed E-state index contributed by atoms with van der Waals surface area (Å²) in [7, 11) is 0. The number of aliphatic carboxylic acids is 1. The Labute approximate surface area is 192 Å². The van der Waals surface area contributed by atoms with Crippen molar-refractivity contribution in [2.24, 2.45) is 11.7 Å². The Kier molecular flexibility index (Phi) is 11.8. The molecule has 0 aliphatic carbocycles. The summed E-state index contributed by atoms with van der Waals surface area (Å²) >= 11 is 1.57. The summed E-state index contributed by atoms with van der Waals surface area (Å²) in [5.74, 6) is -2.31. The van der Waals surface area contributed by atoms with Crippen LogP contribution in [-0.4, -0.2) is 74.9 Å². The van der Waals surface area contributed by atoms with Gasteiger partial charge in [-0.25, -0.2) is 9.78 Å². The van der Waals surface area contributed by atoms with Gasteiger partial charge in [-0.05, 0) is 31.3 Å². The fourth-order valence-electron chi connectivity index (χ4n) is 2.82. The zero-order chi connectivity index (χ0) is 24.3. The van der Waals surface area contributed by atoms with Gasteiger partial charge in [0.1, 0.15) is 18.1 Å². The molecule has 1 heterocycles. The largest absolute Gasteiger partial charge is 0.480 e. The van der Waals surface area contributed by atoms with E-state index in [1.54, 1.807) is 11.8 Å². The van der Waals surface area contributed by atoms with Crippen molar-refractivity contribution in [3.8, 4) is 0 Å². The number of amides is 3. The number of nitrogens with two attached hydrogens (primary N) is 1. The zero-order valence-electron chi connectivity index (χ0n) is 18.9. The molecule has 5 unspecified atom stereocenters. The van der Waals surface area contributed by atoms with Crippen LogP contribution in [0.5, 0.6) is 0 Å². The molecule has 0 aliphatic rings. The van der Waals surface area contributed by atoms with E-state index in [4.69, 9.17) is 5.73 Å². The van der Waals surface area contributed by atoms with Gasteiger partial charge in [0.25, 0.3) is 0 Å². The molecule has 180 valence electrons. The average Bonchev–Trinajstić information content (AvgIpc) is 3.27. The van der Waals surface area contributed by atoms with Crippen LogP contribution in [0.2, 0.25) is 0 Å². The van der Waals surface area contributed by atoms with Crippen molar-refractivity contribution in [2.75, 3.05) is 12.0 Å². The van der Waals surface area contributed by atoms with E-state index in [1.807, 2.05) is 20.1 Å². The highest BCUT2D eigenvalue weighted by atomic mass is 32.2. The third kappa shape index (κ3) is 8.87. The van der Waals surface area contributed by atoms with Gasteiger partial charge in [-0.15, -0.1) is 0 Å². The Morgan fingerprint density at radius 3 is 2.38 bits per heavy atom. The number of hydrogen-bond donors (Lipinski definition) is 6. The highest BCUT2D eigenvalue weighted by molar-refractivity contribution is 7.98. The molecule has 0 aromatic carbocycles. The Balaban J connectivity index is 2.75. The predicted octanol–water partition coefficient (Wildman–Crippen LogP) is -0.362. The molecule has 5 atom stereocenters. The van der Waals surface area contributed by atoms with Crippen LogP contribution in [0, 0.1) is 5.92 Å². The summed E-state index contributed by atoms with van der Waals surface area (Å²) in [5, 5.41) is 17.1. The van der Waals surface area contributed by atoms with Gasteiger partial charge in [-0.1, -0.05) is 20.3 Å². The SMILES string of the molecule is CCC(C)C(NC(=O)C(N)CCSC)C(=O)NC(C)C(=O)NC(Cc1cnc[nH]1)C(=O)O. The molecule has 12 heteroatoms. The number of carbonyl (C=O) groups is 4. The van der Waals surface area contributed by atoms with Gasteiger partial charge in [0, 0.05) is 18.3 Å². The standard InChI is InChI=1S/C20H34N6O5S/c1-5-11(2)16(26-18(28)14(21)6-7-32-4)19(29)24-12(3)17(27)25-15(20(30)31)8-13-9-22-10-23-13/h9-12,14-16H,5-8,21H2,1-4H3,(H,22,23)(H,24,29)(H,25,27)(H,26,28)(H,30,31). The zero-order valence-corrected chi connectivity index (χ0v) is 19.7. The van der Waals surface area contributed by atoms with Crippen LogP contribution in [0.3, 0.4) is 0 Å². The Bertz CT molecular complexity index is 760. The minimum absolute atomic E-state index is 0.0151. The first kappa shape index (κ1) is 27.4. The van der Waals surface area contributed by atoms with Crippen molar-refractivity contribution >= 4 is 35.5 Å². The highest BCUT2D eigenvalue weighted by Gasteiger charge is 2.31. The molecule has 0 spiro atoms. The summed E-state index contributed by atoms with van der Waals surface area (Å²) in [6.45, 7) is 5.14. The number of aromatic nitrogens is 2. The van der Waals surface area contributed by atoms with Crippen LogP contribution < -0.4 is 21.7 Å². The number of hydrogen-bond acceptors (Lipinski definition) is 7. The van der Waals surface area contributed by atoms with Crippen LogP contribution in [0.25, 0.3) is 0 Å². The highest BCUT2D eigenvalue weighted by Crippen LogP contribution is 2.10. The first-order valence-electron chi connectivity index (χ1n) is 10.5. The van der Waals surface area contributed by atoms with Crippen LogP contribution >= 0.6 is 11.8 Å². The van der Waals surface area contributed by atoms with E-state index in [0.717, 1.165) is 5.75 Å². The fraction of sp³-hybridized carbons (Fsp3) is 0.650. The summed E-state index contributed by atoms with van der Waals surface area (Å²) in [4.78, 5) is 55.8. The summed E-state index contributed by atoms with van der Waals surface area (Å²) in [6.07, 6.45) is 5.90. The topological polar surface area (TPSA) is 179 Å². The molecule has 11 nitrogen and oxygen atoms in total. The van der Waals surface area contributed by atoms with E-state index in [9.17, 15) is 24.3 Å². The van der Waals surface area contributed by atoms with Crippen molar-refractivity contribution in [1.82, 2.24) is 25.9 Å². The number of rotatable bonds is 14. The van der Waals surface area contributed by atoms with Crippen molar-refractivity contribution in [3.63, 3.8) is 0 Å². The lowest BCUT2D eigenvalue weighted by molar-refractivity contribution is -0.142. The number of aromatic amines is 1. The quantitative estimate of drug-likeness (QED) is 0.213. The van der Waals surface area contributed by atoms with E-state index in [-0.39, 0.29) is 12.3 Å². The van der Waals surface area contributed by atoms with Crippen molar-refractivity contribution < 1.29 is 24.3 Å². The Morgan fingerprint density at radius 2 is 1.84 bits per heavy atom. The second-order valence-corrected chi connectivity index (χ2v) is 8.66. The smallest absolute Gasteiger partial charge is 0.326 e. The van der Waals surface area contributed by atoms with Crippen LogP contribution in [0.4, 0.5) is 0 Å². The number of H-pyrrole nitrogens is 1. The number of carbonyl (C=O) groups excluding carboxylic acids is 3. The molecular formula is C20H34N6O5S. The summed E-state index contributed by atoms with van der Waals surface area (Å²) in [6, 6.07) is -3.81. The lowest BCUT2D eigenvalue weighted by Crippen LogP contribution is -2.58. The van der Waals surface area contributed by atoms with Crippen LogP contribution in [-0.2, 0) is 25.6 Å². The van der Waals surface area contributed by atoms with Gasteiger partial charge < -0.3 is 31.8 Å². The van der Waals surface area contributed by atoms with Crippen LogP contribution in [0.15, 0.2) is 12.5 Å². The van der Waals surface area contributed by atoms with Gasteiger partial charge in [0.2, 0.25) is 17.7 Å². The summed E-state index contributed by atoms with van der Waals surface area (Å²) in [5.41, 5.74) is 6.45. The van der Waals surface area contributed by atoms with Crippen molar-refractivity contribution in [1.29, 1.82) is 0 Å². The number of imidazole rings is 1. The molecule has 0 bridgehead atoms. The van der Waals surface area contributed by atoms with Crippen LogP contribution in [0.1, 0.15) is 39.3 Å². The first-order valence-corrected chi connectivity index (χ1v) is 11.9. The van der Waals surface area contributed by atoms with E-state index >= 15 is 0 Å². The molecule has 1 aromatic heterocycles. The first-order chi connectivity index (χ1) is 15.1.